The number of nitrogens with one attached hydrogen (secondary N) is 1. The Morgan fingerprint density at radius 2 is 2.06 bits per heavy atom. The maximum Gasteiger partial charge on any atom is 0.413 e. The summed E-state index contributed by atoms with van der Waals surface area (Å²) in [5.41, 5.74) is 6.04. The highest BCUT2D eigenvalue weighted by Gasteiger charge is 2.30. The average Bonchev–Trinajstić information content (AvgIpc) is 3.44. The minimum Gasteiger partial charge on any atom is -0.453 e. The molecule has 0 spiro atoms. The number of thiazole rings is 1. The van der Waals surface area contributed by atoms with Crippen molar-refractivity contribution in [2.45, 2.75) is 12.8 Å². The number of pyridine rings is 1. The standard InChI is InChI=1S/C24H21BN6O3S/c1-30(2)22(32)13-6-9-18(16(25)11-13)31-20-15(19(29-31)14-5-4-10-26-12-14)7-8-17-21(20)35-23(27-17)28-24(33)34-3/h4-6,9-12H,7-8H2,1-3H3,(H,27,28,33). The number of ether oxygens (including phenoxy) is 1. The Balaban J connectivity index is 1.69. The number of anilines is 1. The Bertz CT molecular complexity index is 1450. The highest BCUT2D eigenvalue weighted by Crippen LogP contribution is 2.43. The van der Waals surface area contributed by atoms with Crippen LogP contribution in [-0.4, -0.2) is 65.7 Å². The second-order valence-electron chi connectivity index (χ2n) is 8.21. The second-order valence-corrected chi connectivity index (χ2v) is 9.21. The Labute approximate surface area is 207 Å². The lowest BCUT2D eigenvalue weighted by molar-refractivity contribution is 0.0827. The van der Waals surface area contributed by atoms with Gasteiger partial charge in [0.1, 0.15) is 7.85 Å². The molecule has 0 atom stereocenters. The molecule has 3 aromatic heterocycles. The van der Waals surface area contributed by atoms with Gasteiger partial charge in [0, 0.05) is 43.2 Å². The number of methoxy groups -OCH3 is 1. The molecule has 3 heterocycles. The minimum absolute atomic E-state index is 0.134. The van der Waals surface area contributed by atoms with Crippen molar-refractivity contribution in [1.82, 2.24) is 24.6 Å². The lowest BCUT2D eigenvalue weighted by Crippen LogP contribution is -2.24. The van der Waals surface area contributed by atoms with Crippen LogP contribution in [0.5, 0.6) is 0 Å². The first kappa shape index (κ1) is 22.8. The molecule has 0 bridgehead atoms. The van der Waals surface area contributed by atoms with E-state index < -0.39 is 6.09 Å². The SMILES string of the molecule is [B]c1cc(C(=O)N(C)C)ccc1-n1nc(-c2cccnc2)c2c1-c1sc(NC(=O)OC)nc1CC2. The van der Waals surface area contributed by atoms with Gasteiger partial charge in [0.05, 0.1) is 34.8 Å². The maximum absolute atomic E-state index is 12.4. The predicted octanol–water partition coefficient (Wildman–Crippen LogP) is 2.83. The van der Waals surface area contributed by atoms with Crippen LogP contribution >= 0.6 is 11.3 Å². The maximum atomic E-state index is 12.4. The largest absolute Gasteiger partial charge is 0.453 e. The van der Waals surface area contributed by atoms with Crippen LogP contribution in [0.1, 0.15) is 21.6 Å². The monoisotopic (exact) mass is 484 g/mol. The van der Waals surface area contributed by atoms with Gasteiger partial charge in [-0.3, -0.25) is 15.1 Å². The van der Waals surface area contributed by atoms with E-state index in [9.17, 15) is 9.59 Å². The average molecular weight is 484 g/mol. The summed E-state index contributed by atoms with van der Waals surface area (Å²) in [6.45, 7) is 0. The van der Waals surface area contributed by atoms with Gasteiger partial charge < -0.3 is 9.64 Å². The molecule has 35 heavy (non-hydrogen) atoms. The fourth-order valence-electron chi connectivity index (χ4n) is 4.11. The molecule has 0 fully saturated rings. The number of aryl methyl sites for hydroxylation is 1. The highest BCUT2D eigenvalue weighted by atomic mass is 32.1. The molecule has 2 amide bonds. The molecular formula is C24H21BN6O3S. The van der Waals surface area contributed by atoms with Crippen LogP contribution in [0.4, 0.5) is 9.93 Å². The number of carbonyl (C=O) groups excluding carboxylic acids is 2. The summed E-state index contributed by atoms with van der Waals surface area (Å²) in [6, 6.07) is 9.04. The lowest BCUT2D eigenvalue weighted by Gasteiger charge is -2.16. The second kappa shape index (κ2) is 8.99. The van der Waals surface area contributed by atoms with E-state index in [1.165, 1.54) is 23.3 Å². The highest BCUT2D eigenvalue weighted by molar-refractivity contribution is 7.19. The number of carbonyl (C=O) groups is 2. The Morgan fingerprint density at radius 1 is 1.23 bits per heavy atom. The molecule has 5 rings (SSSR count). The van der Waals surface area contributed by atoms with E-state index in [1.807, 2.05) is 12.1 Å². The summed E-state index contributed by atoms with van der Waals surface area (Å²) in [7, 11) is 11.2. The number of hydrogen-bond donors (Lipinski definition) is 1. The number of fused-ring (bicyclic) bond motifs is 3. The van der Waals surface area contributed by atoms with Gasteiger partial charge in [-0.1, -0.05) is 22.9 Å². The zero-order chi connectivity index (χ0) is 24.7. The summed E-state index contributed by atoms with van der Waals surface area (Å²) < 4.78 is 6.52. The predicted molar refractivity (Wildman–Crippen MR) is 135 cm³/mol. The topological polar surface area (TPSA) is 102 Å². The van der Waals surface area contributed by atoms with Crippen molar-refractivity contribution in [3.63, 3.8) is 0 Å². The van der Waals surface area contributed by atoms with E-state index in [0.29, 0.717) is 34.7 Å². The van der Waals surface area contributed by atoms with Gasteiger partial charge in [0.2, 0.25) is 0 Å². The van der Waals surface area contributed by atoms with Crippen LogP contribution in [0.2, 0.25) is 0 Å². The number of hydrogen-bond acceptors (Lipinski definition) is 7. The Morgan fingerprint density at radius 3 is 2.74 bits per heavy atom. The quantitative estimate of drug-likeness (QED) is 0.447. The van der Waals surface area contributed by atoms with Gasteiger partial charge in [-0.05, 0) is 37.1 Å². The minimum atomic E-state index is -0.578. The van der Waals surface area contributed by atoms with Crippen molar-refractivity contribution < 1.29 is 14.3 Å². The van der Waals surface area contributed by atoms with E-state index in [1.54, 1.807) is 49.4 Å². The summed E-state index contributed by atoms with van der Waals surface area (Å²) in [4.78, 5) is 35.5. The number of amides is 2. The molecule has 174 valence electrons. The molecule has 1 aliphatic rings. The first-order chi connectivity index (χ1) is 16.9. The van der Waals surface area contributed by atoms with Gasteiger partial charge in [-0.2, -0.15) is 5.10 Å². The summed E-state index contributed by atoms with van der Waals surface area (Å²) in [5, 5.41) is 8.06. The molecule has 9 nitrogen and oxygen atoms in total. The Hall–Kier alpha value is -3.99. The van der Waals surface area contributed by atoms with Crippen molar-refractivity contribution in [2.24, 2.45) is 0 Å². The molecule has 1 N–H and O–H groups in total. The van der Waals surface area contributed by atoms with Crippen molar-refractivity contribution in [2.75, 3.05) is 26.5 Å². The molecule has 0 saturated carbocycles. The van der Waals surface area contributed by atoms with Crippen LogP contribution in [0.3, 0.4) is 0 Å². The van der Waals surface area contributed by atoms with Crippen LogP contribution in [0, 0.1) is 0 Å². The van der Waals surface area contributed by atoms with Crippen LogP contribution in [0.25, 0.3) is 27.5 Å². The van der Waals surface area contributed by atoms with Crippen molar-refractivity contribution in [3.05, 3.63) is 59.5 Å². The molecule has 1 aromatic carbocycles. The smallest absolute Gasteiger partial charge is 0.413 e. The molecule has 11 heteroatoms. The van der Waals surface area contributed by atoms with Gasteiger partial charge in [-0.15, -0.1) is 0 Å². The van der Waals surface area contributed by atoms with Crippen LogP contribution in [-0.2, 0) is 17.6 Å². The Kier molecular flexibility index (Phi) is 5.85. The summed E-state index contributed by atoms with van der Waals surface area (Å²) in [5.74, 6) is -0.134. The third-order valence-corrected chi connectivity index (χ3v) is 6.77. The molecule has 0 aliphatic heterocycles. The van der Waals surface area contributed by atoms with E-state index >= 15 is 0 Å². The van der Waals surface area contributed by atoms with Crippen LogP contribution in [0.15, 0.2) is 42.7 Å². The number of rotatable bonds is 4. The van der Waals surface area contributed by atoms with E-state index in [-0.39, 0.29) is 5.91 Å². The number of benzene rings is 1. The van der Waals surface area contributed by atoms with Crippen molar-refractivity contribution in [1.29, 1.82) is 0 Å². The third kappa shape index (κ3) is 4.08. The van der Waals surface area contributed by atoms with Crippen molar-refractivity contribution >= 4 is 41.8 Å². The summed E-state index contributed by atoms with van der Waals surface area (Å²) >= 11 is 1.36. The first-order valence-corrected chi connectivity index (χ1v) is 11.7. The van der Waals surface area contributed by atoms with Gasteiger partial charge in [0.25, 0.3) is 5.91 Å². The normalized spacial score (nSPS) is 12.0. The van der Waals surface area contributed by atoms with E-state index in [0.717, 1.165) is 33.1 Å². The van der Waals surface area contributed by atoms with E-state index in [4.69, 9.17) is 17.7 Å². The molecule has 1 aliphatic carbocycles. The molecule has 2 radical (unpaired) electrons. The number of nitrogens with zero attached hydrogens (tertiary/aromatic N) is 5. The van der Waals surface area contributed by atoms with Gasteiger partial charge in [-0.25, -0.2) is 14.5 Å². The van der Waals surface area contributed by atoms with Gasteiger partial charge in [0.15, 0.2) is 5.13 Å². The molecule has 0 unspecified atom stereocenters. The fourth-order valence-corrected chi connectivity index (χ4v) is 5.16. The van der Waals surface area contributed by atoms with Gasteiger partial charge >= 0.3 is 6.09 Å². The zero-order valence-corrected chi connectivity index (χ0v) is 20.2. The molecule has 0 saturated heterocycles. The molecular weight excluding hydrogens is 463 g/mol. The van der Waals surface area contributed by atoms with E-state index in [2.05, 4.69) is 15.3 Å². The zero-order valence-electron chi connectivity index (χ0n) is 19.4. The first-order valence-electron chi connectivity index (χ1n) is 10.9. The number of aromatic nitrogens is 4. The molecule has 4 aromatic rings. The fraction of sp³-hybridized carbons (Fsp3) is 0.208. The lowest BCUT2D eigenvalue weighted by atomic mass is 9.91. The third-order valence-electron chi connectivity index (χ3n) is 5.75. The van der Waals surface area contributed by atoms with Crippen LogP contribution < -0.4 is 10.8 Å². The summed E-state index contributed by atoms with van der Waals surface area (Å²) in [6.07, 6.45) is 4.34. The van der Waals surface area contributed by atoms with Crippen molar-refractivity contribution in [3.8, 4) is 27.5 Å².